The number of hydrogen-bond donors (Lipinski definition) is 1. The van der Waals surface area contributed by atoms with Gasteiger partial charge in [0.2, 0.25) is 5.91 Å². The molecule has 0 unspecified atom stereocenters. The van der Waals surface area contributed by atoms with Gasteiger partial charge in [-0.15, -0.1) is 0 Å². The fourth-order valence-corrected chi connectivity index (χ4v) is 0.569. The molecule has 0 spiro atoms. The van der Waals surface area contributed by atoms with E-state index in [9.17, 15) is 4.79 Å². The van der Waals surface area contributed by atoms with Gasteiger partial charge in [-0.25, -0.2) is 0 Å². The molecule has 0 heterocycles. The van der Waals surface area contributed by atoms with Gasteiger partial charge in [0.15, 0.2) is 0 Å². The van der Waals surface area contributed by atoms with Gasteiger partial charge in [-0.3, -0.25) is 4.79 Å². The molecule has 0 fully saturated rings. The number of nitrogens with one attached hydrogen (secondary N) is 1. The molecular weight excluding hydrogens is 154 g/mol. The van der Waals surface area contributed by atoms with Crippen LogP contribution in [-0.4, -0.2) is 26.2 Å². The van der Waals surface area contributed by atoms with Crippen LogP contribution in [0.15, 0.2) is 0 Å². The van der Waals surface area contributed by atoms with Crippen molar-refractivity contribution < 1.29 is 9.53 Å². The van der Waals surface area contributed by atoms with Gasteiger partial charge in [-0.1, -0.05) is 20.8 Å². The molecule has 0 atom stereocenters. The molecule has 0 aliphatic carbocycles. The summed E-state index contributed by atoms with van der Waals surface area (Å²) in [6, 6.07) is 0. The Morgan fingerprint density at radius 2 is 2.00 bits per heavy atom. The van der Waals surface area contributed by atoms with E-state index >= 15 is 0 Å². The van der Waals surface area contributed by atoms with Gasteiger partial charge in [0.1, 0.15) is 0 Å². The Morgan fingerprint density at radius 1 is 1.42 bits per heavy atom. The van der Waals surface area contributed by atoms with Crippen molar-refractivity contribution >= 4 is 5.91 Å². The Balaban J connectivity index is 0. The van der Waals surface area contributed by atoms with E-state index in [1.165, 1.54) is 0 Å². The molecule has 12 heavy (non-hydrogen) atoms. The SMILES string of the molecule is CC.CCC(=O)NCCCOC. The van der Waals surface area contributed by atoms with Crippen LogP contribution in [0.2, 0.25) is 0 Å². The Morgan fingerprint density at radius 3 is 2.42 bits per heavy atom. The lowest BCUT2D eigenvalue weighted by Gasteiger charge is -2.01. The van der Waals surface area contributed by atoms with E-state index in [4.69, 9.17) is 4.74 Å². The van der Waals surface area contributed by atoms with Gasteiger partial charge in [0, 0.05) is 26.7 Å². The molecule has 0 aromatic heterocycles. The lowest BCUT2D eigenvalue weighted by Crippen LogP contribution is -2.23. The molecule has 74 valence electrons. The predicted octanol–water partition coefficient (Wildman–Crippen LogP) is 1.58. The van der Waals surface area contributed by atoms with Crippen molar-refractivity contribution in [1.82, 2.24) is 5.32 Å². The van der Waals surface area contributed by atoms with Crippen LogP contribution in [0.4, 0.5) is 0 Å². The second-order valence-corrected chi connectivity index (χ2v) is 2.05. The first-order valence-electron chi connectivity index (χ1n) is 4.57. The molecule has 0 bridgehead atoms. The average Bonchev–Trinajstić information content (AvgIpc) is 2.15. The monoisotopic (exact) mass is 175 g/mol. The maximum Gasteiger partial charge on any atom is 0.219 e. The van der Waals surface area contributed by atoms with Crippen LogP contribution in [0.3, 0.4) is 0 Å². The van der Waals surface area contributed by atoms with Crippen molar-refractivity contribution in [2.24, 2.45) is 0 Å². The quantitative estimate of drug-likeness (QED) is 0.644. The number of carbonyl (C=O) groups excluding carboxylic acids is 1. The second-order valence-electron chi connectivity index (χ2n) is 2.05. The third-order valence-corrected chi connectivity index (χ3v) is 1.17. The Bertz CT molecular complexity index is 94.5. The number of hydrogen-bond acceptors (Lipinski definition) is 2. The average molecular weight is 175 g/mol. The smallest absolute Gasteiger partial charge is 0.219 e. The van der Waals surface area contributed by atoms with Crippen molar-refractivity contribution in [1.29, 1.82) is 0 Å². The third kappa shape index (κ3) is 12.1. The van der Waals surface area contributed by atoms with Crippen LogP contribution >= 0.6 is 0 Å². The van der Waals surface area contributed by atoms with Crippen molar-refractivity contribution in [3.05, 3.63) is 0 Å². The summed E-state index contributed by atoms with van der Waals surface area (Å²) in [5.74, 6) is 0.108. The summed E-state index contributed by atoms with van der Waals surface area (Å²) >= 11 is 0. The van der Waals surface area contributed by atoms with Gasteiger partial charge in [0.25, 0.3) is 0 Å². The fraction of sp³-hybridized carbons (Fsp3) is 0.889. The fourth-order valence-electron chi connectivity index (χ4n) is 0.569. The number of amides is 1. The van der Waals surface area contributed by atoms with E-state index in [0.717, 1.165) is 13.0 Å². The summed E-state index contributed by atoms with van der Waals surface area (Å²) in [6.45, 7) is 7.27. The van der Waals surface area contributed by atoms with Crippen molar-refractivity contribution in [2.45, 2.75) is 33.6 Å². The lowest BCUT2D eigenvalue weighted by atomic mass is 10.4. The van der Waals surface area contributed by atoms with Crippen LogP contribution in [0.5, 0.6) is 0 Å². The summed E-state index contributed by atoms with van der Waals surface area (Å²) < 4.78 is 4.81. The highest BCUT2D eigenvalue weighted by Crippen LogP contribution is 1.79. The van der Waals surface area contributed by atoms with Gasteiger partial charge < -0.3 is 10.1 Å². The van der Waals surface area contributed by atoms with E-state index < -0.39 is 0 Å². The summed E-state index contributed by atoms with van der Waals surface area (Å²) in [6.07, 6.45) is 1.45. The summed E-state index contributed by atoms with van der Waals surface area (Å²) in [5.41, 5.74) is 0. The lowest BCUT2D eigenvalue weighted by molar-refractivity contribution is -0.120. The number of carbonyl (C=O) groups is 1. The number of rotatable bonds is 5. The number of ether oxygens (including phenoxy) is 1. The van der Waals surface area contributed by atoms with E-state index in [1.807, 2.05) is 20.8 Å². The minimum atomic E-state index is 0.108. The van der Waals surface area contributed by atoms with Crippen LogP contribution in [0, 0.1) is 0 Å². The standard InChI is InChI=1S/C7H15NO2.C2H6/c1-3-7(9)8-5-4-6-10-2;1-2/h3-6H2,1-2H3,(H,8,9);1-2H3. The zero-order chi connectivity index (χ0) is 9.82. The maximum atomic E-state index is 10.6. The van der Waals surface area contributed by atoms with Crippen molar-refractivity contribution in [2.75, 3.05) is 20.3 Å². The zero-order valence-electron chi connectivity index (χ0n) is 8.64. The highest BCUT2D eigenvalue weighted by Gasteiger charge is 1.93. The second kappa shape index (κ2) is 13.1. The van der Waals surface area contributed by atoms with Crippen LogP contribution < -0.4 is 5.32 Å². The van der Waals surface area contributed by atoms with Gasteiger partial charge in [0.05, 0.1) is 0 Å². The summed E-state index contributed by atoms with van der Waals surface area (Å²) in [4.78, 5) is 10.6. The third-order valence-electron chi connectivity index (χ3n) is 1.17. The minimum Gasteiger partial charge on any atom is -0.385 e. The molecule has 0 aliphatic heterocycles. The van der Waals surface area contributed by atoms with E-state index in [2.05, 4.69) is 5.32 Å². The molecule has 0 saturated carbocycles. The molecule has 0 rings (SSSR count). The molecule has 0 aromatic carbocycles. The highest BCUT2D eigenvalue weighted by atomic mass is 16.5. The van der Waals surface area contributed by atoms with Gasteiger partial charge >= 0.3 is 0 Å². The summed E-state index contributed by atoms with van der Waals surface area (Å²) in [7, 11) is 1.65. The molecule has 0 aliphatic rings. The molecular formula is C9H21NO2. The van der Waals surface area contributed by atoms with E-state index in [1.54, 1.807) is 7.11 Å². The first-order chi connectivity index (χ1) is 5.81. The maximum absolute atomic E-state index is 10.6. The van der Waals surface area contributed by atoms with Crippen molar-refractivity contribution in [3.8, 4) is 0 Å². The van der Waals surface area contributed by atoms with Crippen LogP contribution in [0.1, 0.15) is 33.6 Å². The first-order valence-corrected chi connectivity index (χ1v) is 4.57. The molecule has 0 radical (unpaired) electrons. The topological polar surface area (TPSA) is 38.3 Å². The molecule has 0 saturated heterocycles. The largest absolute Gasteiger partial charge is 0.385 e. The summed E-state index contributed by atoms with van der Waals surface area (Å²) in [5, 5.41) is 2.75. The Labute approximate surface area is 75.5 Å². The van der Waals surface area contributed by atoms with E-state index in [-0.39, 0.29) is 5.91 Å². The predicted molar refractivity (Wildman–Crippen MR) is 51.1 cm³/mol. The molecule has 1 N–H and O–H groups in total. The highest BCUT2D eigenvalue weighted by molar-refractivity contribution is 5.75. The van der Waals surface area contributed by atoms with Crippen molar-refractivity contribution in [3.63, 3.8) is 0 Å². The Hall–Kier alpha value is -0.570. The van der Waals surface area contributed by atoms with E-state index in [0.29, 0.717) is 13.0 Å². The van der Waals surface area contributed by atoms with Gasteiger partial charge in [-0.2, -0.15) is 0 Å². The Kier molecular flexibility index (Phi) is 15.2. The first kappa shape index (κ1) is 14.0. The normalized spacial score (nSPS) is 8.33. The molecule has 0 aromatic rings. The zero-order valence-corrected chi connectivity index (χ0v) is 8.64. The molecule has 3 heteroatoms. The van der Waals surface area contributed by atoms with Gasteiger partial charge in [-0.05, 0) is 6.42 Å². The van der Waals surface area contributed by atoms with Crippen LogP contribution in [-0.2, 0) is 9.53 Å². The van der Waals surface area contributed by atoms with Crippen LogP contribution in [0.25, 0.3) is 0 Å². The molecule has 1 amide bonds. The number of methoxy groups -OCH3 is 1. The minimum absolute atomic E-state index is 0.108. The molecule has 3 nitrogen and oxygen atoms in total.